The maximum absolute atomic E-state index is 12.4. The first-order chi connectivity index (χ1) is 12.0. The molecule has 1 heterocycles. The molecule has 0 saturated heterocycles. The number of hydrogen-bond donors (Lipinski definition) is 1. The lowest BCUT2D eigenvalue weighted by molar-refractivity contribution is 0.580. The number of para-hydroxylation sites is 1. The summed E-state index contributed by atoms with van der Waals surface area (Å²) in [5.74, 6) is 0. The molecular formula is C17H15Br2N3O2S. The molecule has 1 N–H and O–H groups in total. The molecule has 3 aromatic rings. The van der Waals surface area contributed by atoms with Crippen LogP contribution >= 0.6 is 31.9 Å². The molecule has 130 valence electrons. The number of nitrogens with one attached hydrogen (secondary N) is 1. The van der Waals surface area contributed by atoms with Crippen molar-refractivity contribution in [3.05, 3.63) is 75.4 Å². The molecule has 3 rings (SSSR count). The topological polar surface area (TPSA) is 64.0 Å². The van der Waals surface area contributed by atoms with Crippen molar-refractivity contribution in [1.29, 1.82) is 0 Å². The minimum absolute atomic E-state index is 0.213. The molecule has 0 amide bonds. The predicted molar refractivity (Wildman–Crippen MR) is 104 cm³/mol. The Morgan fingerprint density at radius 1 is 1.04 bits per heavy atom. The Morgan fingerprint density at radius 2 is 1.80 bits per heavy atom. The zero-order valence-corrected chi connectivity index (χ0v) is 17.1. The number of rotatable bonds is 6. The molecule has 5 nitrogen and oxygen atoms in total. The molecule has 25 heavy (non-hydrogen) atoms. The number of benzene rings is 2. The predicted octanol–water partition coefficient (Wildman–Crippen LogP) is 3.92. The minimum Gasteiger partial charge on any atom is -0.241 e. The van der Waals surface area contributed by atoms with Gasteiger partial charge in [0, 0.05) is 28.1 Å². The highest BCUT2D eigenvalue weighted by atomic mass is 79.9. The second-order valence-corrected chi connectivity index (χ2v) is 8.82. The fraction of sp³-hybridized carbons (Fsp3) is 0.118. The van der Waals surface area contributed by atoms with Crippen molar-refractivity contribution in [3.63, 3.8) is 0 Å². The van der Waals surface area contributed by atoms with E-state index in [1.54, 1.807) is 22.9 Å². The van der Waals surface area contributed by atoms with Gasteiger partial charge < -0.3 is 0 Å². The summed E-state index contributed by atoms with van der Waals surface area (Å²) < 4.78 is 30.5. The van der Waals surface area contributed by atoms with Gasteiger partial charge in [-0.25, -0.2) is 17.8 Å². The summed E-state index contributed by atoms with van der Waals surface area (Å²) in [4.78, 5) is 0.213. The van der Waals surface area contributed by atoms with Crippen LogP contribution in [0.25, 0.3) is 5.69 Å². The van der Waals surface area contributed by atoms with Crippen molar-refractivity contribution in [2.24, 2.45) is 0 Å². The Morgan fingerprint density at radius 3 is 2.52 bits per heavy atom. The molecule has 0 spiro atoms. The molecule has 1 aromatic heterocycles. The Labute approximate surface area is 163 Å². The van der Waals surface area contributed by atoms with Gasteiger partial charge in [0.05, 0.1) is 16.3 Å². The second kappa shape index (κ2) is 7.82. The van der Waals surface area contributed by atoms with Crippen LogP contribution in [-0.4, -0.2) is 24.7 Å². The van der Waals surface area contributed by atoms with Crippen molar-refractivity contribution in [3.8, 4) is 5.69 Å². The maximum atomic E-state index is 12.4. The quantitative estimate of drug-likeness (QED) is 0.576. The highest BCUT2D eigenvalue weighted by Crippen LogP contribution is 2.25. The van der Waals surface area contributed by atoms with Gasteiger partial charge in [-0.15, -0.1) is 0 Å². The number of sulfonamides is 1. The minimum atomic E-state index is -3.58. The summed E-state index contributed by atoms with van der Waals surface area (Å²) in [5, 5.41) is 4.47. The monoisotopic (exact) mass is 483 g/mol. The van der Waals surface area contributed by atoms with Crippen molar-refractivity contribution in [1.82, 2.24) is 14.5 Å². The molecule has 0 unspecified atom stereocenters. The van der Waals surface area contributed by atoms with Crippen LogP contribution in [0.4, 0.5) is 0 Å². The lowest BCUT2D eigenvalue weighted by Gasteiger charge is -2.08. The number of aromatic nitrogens is 2. The van der Waals surface area contributed by atoms with Gasteiger partial charge in [0.15, 0.2) is 0 Å². The normalized spacial score (nSPS) is 11.6. The molecule has 0 aliphatic rings. The average Bonchev–Trinajstić information content (AvgIpc) is 3.04. The van der Waals surface area contributed by atoms with Gasteiger partial charge in [0.1, 0.15) is 0 Å². The second-order valence-electron chi connectivity index (χ2n) is 5.31. The van der Waals surface area contributed by atoms with Crippen LogP contribution in [0.1, 0.15) is 5.69 Å². The number of hydrogen-bond acceptors (Lipinski definition) is 3. The van der Waals surface area contributed by atoms with Gasteiger partial charge in [0.25, 0.3) is 0 Å². The van der Waals surface area contributed by atoms with Crippen LogP contribution in [0.15, 0.2) is 74.6 Å². The van der Waals surface area contributed by atoms with E-state index in [4.69, 9.17) is 0 Å². The van der Waals surface area contributed by atoms with E-state index in [0.717, 1.165) is 15.9 Å². The van der Waals surface area contributed by atoms with Crippen LogP contribution in [-0.2, 0) is 16.4 Å². The van der Waals surface area contributed by atoms with Gasteiger partial charge in [-0.2, -0.15) is 5.10 Å². The van der Waals surface area contributed by atoms with E-state index in [1.807, 2.05) is 42.6 Å². The Bertz CT molecular complexity index is 973. The van der Waals surface area contributed by atoms with E-state index in [1.165, 1.54) is 0 Å². The third kappa shape index (κ3) is 4.58. The first kappa shape index (κ1) is 18.3. The molecule has 0 aliphatic heterocycles. The van der Waals surface area contributed by atoms with E-state index in [0.29, 0.717) is 10.9 Å². The zero-order valence-electron chi connectivity index (χ0n) is 13.1. The van der Waals surface area contributed by atoms with Crippen molar-refractivity contribution in [2.75, 3.05) is 6.54 Å². The first-order valence-corrected chi connectivity index (χ1v) is 10.6. The lowest BCUT2D eigenvalue weighted by atomic mass is 10.3. The average molecular weight is 485 g/mol. The van der Waals surface area contributed by atoms with Crippen molar-refractivity contribution < 1.29 is 8.42 Å². The summed E-state index contributed by atoms with van der Waals surface area (Å²) in [6.07, 6.45) is 2.37. The van der Waals surface area contributed by atoms with E-state index < -0.39 is 10.0 Å². The van der Waals surface area contributed by atoms with Crippen LogP contribution in [0.5, 0.6) is 0 Å². The molecule has 0 aliphatic carbocycles. The molecule has 0 bridgehead atoms. The highest BCUT2D eigenvalue weighted by Gasteiger charge is 2.17. The molecule has 0 fully saturated rings. The van der Waals surface area contributed by atoms with Crippen LogP contribution in [0.2, 0.25) is 0 Å². The number of halogens is 2. The summed E-state index contributed by atoms with van der Waals surface area (Å²) >= 11 is 6.60. The first-order valence-electron chi connectivity index (χ1n) is 7.50. The summed E-state index contributed by atoms with van der Waals surface area (Å²) in [6, 6.07) is 16.6. The standard InChI is InChI=1S/C17H15Br2N3O2S/c18-13-6-7-17(16(19)12-13)25(23,24)20-10-8-14-9-11-22(21-14)15-4-2-1-3-5-15/h1-7,9,11-12,20H,8,10H2. The summed E-state index contributed by atoms with van der Waals surface area (Å²) in [5.41, 5.74) is 1.79. The Hall–Kier alpha value is -1.48. The highest BCUT2D eigenvalue weighted by molar-refractivity contribution is 9.11. The molecule has 0 saturated carbocycles. The lowest BCUT2D eigenvalue weighted by Crippen LogP contribution is -2.26. The Kier molecular flexibility index (Phi) is 5.73. The van der Waals surface area contributed by atoms with E-state index in [2.05, 4.69) is 41.7 Å². The largest absolute Gasteiger partial charge is 0.241 e. The third-order valence-corrected chi connectivity index (χ3v) is 6.45. The fourth-order valence-corrected chi connectivity index (χ4v) is 5.08. The molecule has 0 radical (unpaired) electrons. The summed E-state index contributed by atoms with van der Waals surface area (Å²) in [7, 11) is -3.58. The molecule has 0 atom stereocenters. The van der Waals surface area contributed by atoms with Gasteiger partial charge in [0.2, 0.25) is 10.0 Å². The van der Waals surface area contributed by atoms with Gasteiger partial charge in [-0.1, -0.05) is 34.1 Å². The van der Waals surface area contributed by atoms with Crippen LogP contribution in [0, 0.1) is 0 Å². The van der Waals surface area contributed by atoms with Gasteiger partial charge in [-0.3, -0.25) is 0 Å². The maximum Gasteiger partial charge on any atom is 0.241 e. The van der Waals surface area contributed by atoms with Crippen molar-refractivity contribution >= 4 is 41.9 Å². The van der Waals surface area contributed by atoms with E-state index >= 15 is 0 Å². The fourth-order valence-electron chi connectivity index (χ4n) is 2.30. The van der Waals surface area contributed by atoms with Crippen LogP contribution < -0.4 is 4.72 Å². The third-order valence-electron chi connectivity index (χ3n) is 3.52. The molecule has 8 heteroatoms. The molecule has 2 aromatic carbocycles. The number of nitrogens with zero attached hydrogens (tertiary/aromatic N) is 2. The van der Waals surface area contributed by atoms with E-state index in [9.17, 15) is 8.42 Å². The summed E-state index contributed by atoms with van der Waals surface area (Å²) in [6.45, 7) is 0.274. The van der Waals surface area contributed by atoms with Gasteiger partial charge in [-0.05, 0) is 52.3 Å². The molecular weight excluding hydrogens is 470 g/mol. The SMILES string of the molecule is O=S(=O)(NCCc1ccn(-c2ccccc2)n1)c1ccc(Br)cc1Br. The smallest absolute Gasteiger partial charge is 0.241 e. The Balaban J connectivity index is 1.64. The van der Waals surface area contributed by atoms with E-state index in [-0.39, 0.29) is 11.4 Å². The van der Waals surface area contributed by atoms with Crippen LogP contribution in [0.3, 0.4) is 0 Å². The van der Waals surface area contributed by atoms with Gasteiger partial charge >= 0.3 is 0 Å². The zero-order chi connectivity index (χ0) is 17.9. The van der Waals surface area contributed by atoms with Crippen molar-refractivity contribution in [2.45, 2.75) is 11.3 Å².